The van der Waals surface area contributed by atoms with E-state index >= 15 is 0 Å². The van der Waals surface area contributed by atoms with E-state index in [2.05, 4.69) is 38.2 Å². The molecule has 0 aliphatic carbocycles. The minimum absolute atomic E-state index is 0.126. The van der Waals surface area contributed by atoms with Crippen LogP contribution in [0.2, 0.25) is 0 Å². The van der Waals surface area contributed by atoms with Gasteiger partial charge in [-0.1, -0.05) is 150 Å². The number of esters is 2. The number of carbonyl (C=O) groups is 2. The fourth-order valence-electron chi connectivity index (χ4n) is 5.64. The molecule has 0 radical (unpaired) electrons. The second-order valence-electron chi connectivity index (χ2n) is 14.1. The Hall–Kier alpha value is -3.43. The third-order valence-electron chi connectivity index (χ3n) is 8.85. The molecule has 0 saturated carbocycles. The number of unbranched alkanes of at least 4 members (excludes halogenated alkanes) is 10. The third-order valence-corrected chi connectivity index (χ3v) is 9.60. The summed E-state index contributed by atoms with van der Waals surface area (Å²) in [5.41, 5.74) is 0. The minimum atomic E-state index is -4.61. The quantitative estimate of drug-likeness (QED) is 0.0223. The van der Waals surface area contributed by atoms with Gasteiger partial charge in [-0.15, -0.1) is 0 Å². The third kappa shape index (κ3) is 28.9. The van der Waals surface area contributed by atoms with E-state index in [4.69, 9.17) is 18.9 Å². The van der Waals surface area contributed by atoms with Gasteiger partial charge in [-0.25, -0.2) is 0 Å². The number of aliphatic hydroxyl groups excluding tert-OH is 3. The Bertz CT molecular complexity index is 1440. The maximum absolute atomic E-state index is 12.8. The molecule has 0 aromatic heterocycles. The first-order valence-corrected chi connectivity index (χ1v) is 22.5. The van der Waals surface area contributed by atoms with Crippen LogP contribution in [0.1, 0.15) is 117 Å². The largest absolute Gasteiger partial charge is 0.462 e. The number of rotatable bonds is 32. The summed E-state index contributed by atoms with van der Waals surface area (Å²) in [4.78, 5) is 25.3. The van der Waals surface area contributed by atoms with Crippen LogP contribution in [-0.2, 0) is 38.7 Å². The molecule has 2 unspecified atom stereocenters. The zero-order valence-electron chi connectivity index (χ0n) is 34.6. The maximum atomic E-state index is 12.8. The summed E-state index contributed by atoms with van der Waals surface area (Å²) in [7, 11) is -4.61. The summed E-state index contributed by atoms with van der Waals surface area (Å²) >= 11 is 0. The SMILES string of the molecule is CC/C=C/C=C/C=C/C=C/CCCCCCCC(=O)OC[C@H](CO[C@H]1O[C@H](CS(=O)(=O)O)[C@@H](O)C(O)C1O)OC(=O)CCCCCCC/C=C/C=C/C=C/C=C/CC. The van der Waals surface area contributed by atoms with Crippen molar-refractivity contribution in [3.05, 3.63) is 97.2 Å². The molecule has 6 atom stereocenters. The van der Waals surface area contributed by atoms with E-state index in [1.165, 1.54) is 0 Å². The molecule has 1 saturated heterocycles. The molecule has 0 spiro atoms. The Morgan fingerprint density at radius 3 is 1.53 bits per heavy atom. The highest BCUT2D eigenvalue weighted by molar-refractivity contribution is 7.85. The molecule has 1 rings (SSSR count). The van der Waals surface area contributed by atoms with Crippen LogP contribution < -0.4 is 0 Å². The standard InChI is InChI=1S/C45H70O12S/c1-3-5-7-9-11-13-15-17-19-21-23-25-27-29-31-33-40(46)54-35-38(36-55-45-44(50)43(49)42(48)39(57-45)37-58(51,52)53)56-41(47)34-32-30-28-26-24-22-20-18-16-14-12-10-8-6-4-2/h5-20,38-39,42-45,48-50H,3-4,21-37H2,1-2H3,(H,51,52,53)/b7-5+,8-6+,11-9+,12-10+,15-13+,16-14+,19-17+,20-18+/t38-,39-,42-,43?,44?,45+/m1/s1. The Balaban J connectivity index is 2.53. The number of ether oxygens (including phenoxy) is 4. The summed E-state index contributed by atoms with van der Waals surface area (Å²) in [5, 5.41) is 30.8. The fraction of sp³-hybridized carbons (Fsp3) is 0.600. The van der Waals surface area contributed by atoms with Gasteiger partial charge in [0.05, 0.1) is 6.61 Å². The van der Waals surface area contributed by atoms with Gasteiger partial charge in [0.25, 0.3) is 10.1 Å². The lowest BCUT2D eigenvalue weighted by Gasteiger charge is -2.40. The normalized spacial score (nSPS) is 21.4. The lowest BCUT2D eigenvalue weighted by Crippen LogP contribution is -2.60. The Morgan fingerprint density at radius 2 is 1.03 bits per heavy atom. The van der Waals surface area contributed by atoms with Gasteiger partial charge in [0.1, 0.15) is 36.8 Å². The number of allylic oxidation sites excluding steroid dienone is 16. The van der Waals surface area contributed by atoms with E-state index in [9.17, 15) is 37.9 Å². The first-order chi connectivity index (χ1) is 28.0. The first-order valence-electron chi connectivity index (χ1n) is 20.9. The van der Waals surface area contributed by atoms with Crippen LogP contribution in [-0.4, -0.2) is 96.0 Å². The van der Waals surface area contributed by atoms with Gasteiger partial charge in [-0.3, -0.25) is 14.1 Å². The van der Waals surface area contributed by atoms with Crippen LogP contribution in [0.3, 0.4) is 0 Å². The highest BCUT2D eigenvalue weighted by Gasteiger charge is 2.46. The highest BCUT2D eigenvalue weighted by Crippen LogP contribution is 2.24. The zero-order valence-corrected chi connectivity index (χ0v) is 35.4. The second kappa shape index (κ2) is 34.4. The highest BCUT2D eigenvalue weighted by atomic mass is 32.2. The van der Waals surface area contributed by atoms with Gasteiger partial charge >= 0.3 is 11.9 Å². The molecule has 328 valence electrons. The van der Waals surface area contributed by atoms with Crippen LogP contribution in [0.4, 0.5) is 0 Å². The van der Waals surface area contributed by atoms with Gasteiger partial charge in [0.15, 0.2) is 12.4 Å². The monoisotopic (exact) mass is 834 g/mol. The summed E-state index contributed by atoms with van der Waals surface area (Å²) in [6.07, 6.45) is 35.9. The molecule has 4 N–H and O–H groups in total. The number of carbonyl (C=O) groups excluding carboxylic acids is 2. The maximum Gasteiger partial charge on any atom is 0.306 e. The van der Waals surface area contributed by atoms with Crippen LogP contribution in [0, 0.1) is 0 Å². The molecule has 0 aromatic carbocycles. The van der Waals surface area contributed by atoms with Crippen molar-refractivity contribution >= 4 is 22.1 Å². The fourth-order valence-corrected chi connectivity index (χ4v) is 6.33. The summed E-state index contributed by atoms with van der Waals surface area (Å²) in [6.45, 7) is 3.41. The van der Waals surface area contributed by atoms with Crippen LogP contribution in [0.5, 0.6) is 0 Å². The van der Waals surface area contributed by atoms with E-state index in [-0.39, 0.29) is 19.4 Å². The average molecular weight is 835 g/mol. The Labute approximate surface area is 347 Å². The lowest BCUT2D eigenvalue weighted by molar-refractivity contribution is -0.297. The molecular weight excluding hydrogens is 765 g/mol. The topological polar surface area (TPSA) is 186 Å². The van der Waals surface area contributed by atoms with Crippen LogP contribution >= 0.6 is 0 Å². The number of hydrogen-bond acceptors (Lipinski definition) is 11. The molecule has 13 heteroatoms. The predicted octanol–water partition coefficient (Wildman–Crippen LogP) is 7.88. The smallest absolute Gasteiger partial charge is 0.306 e. The molecule has 0 aromatic rings. The number of aliphatic hydroxyl groups is 3. The van der Waals surface area contributed by atoms with Gasteiger partial charge in [0.2, 0.25) is 0 Å². The molecule has 0 bridgehead atoms. The van der Waals surface area contributed by atoms with E-state index in [0.29, 0.717) is 12.8 Å². The molecule has 1 aliphatic heterocycles. The molecule has 1 fully saturated rings. The molecule has 1 heterocycles. The van der Waals surface area contributed by atoms with Crippen molar-refractivity contribution in [2.24, 2.45) is 0 Å². The van der Waals surface area contributed by atoms with Crippen molar-refractivity contribution in [2.45, 2.75) is 153 Å². The summed E-state index contributed by atoms with van der Waals surface area (Å²) in [6, 6.07) is 0. The van der Waals surface area contributed by atoms with Crippen molar-refractivity contribution in [1.82, 2.24) is 0 Å². The van der Waals surface area contributed by atoms with Gasteiger partial charge in [0, 0.05) is 12.8 Å². The molecule has 0 amide bonds. The predicted molar refractivity (Wildman–Crippen MR) is 228 cm³/mol. The molecular formula is C45H70O12S. The van der Waals surface area contributed by atoms with Crippen molar-refractivity contribution < 1.29 is 56.8 Å². The Kier molecular flexibility index (Phi) is 31.2. The van der Waals surface area contributed by atoms with E-state index in [1.54, 1.807) is 0 Å². The summed E-state index contributed by atoms with van der Waals surface area (Å²) in [5.74, 6) is -2.06. The first kappa shape index (κ1) is 52.6. The van der Waals surface area contributed by atoms with Crippen LogP contribution in [0.15, 0.2) is 97.2 Å². The Morgan fingerprint density at radius 1 is 0.586 bits per heavy atom. The zero-order chi connectivity index (χ0) is 42.7. The van der Waals surface area contributed by atoms with E-state index in [0.717, 1.165) is 77.0 Å². The molecule has 58 heavy (non-hydrogen) atoms. The van der Waals surface area contributed by atoms with Gasteiger partial charge in [-0.2, -0.15) is 8.42 Å². The van der Waals surface area contributed by atoms with Crippen molar-refractivity contribution in [2.75, 3.05) is 19.0 Å². The van der Waals surface area contributed by atoms with Crippen molar-refractivity contribution in [1.29, 1.82) is 0 Å². The molecule has 1 aliphatic rings. The van der Waals surface area contributed by atoms with Gasteiger partial charge < -0.3 is 34.3 Å². The summed E-state index contributed by atoms with van der Waals surface area (Å²) < 4.78 is 53.9. The number of hydrogen-bond donors (Lipinski definition) is 4. The van der Waals surface area contributed by atoms with E-state index < -0.39 is 71.2 Å². The average Bonchev–Trinajstić information content (AvgIpc) is 3.18. The van der Waals surface area contributed by atoms with E-state index in [1.807, 2.05) is 72.9 Å². The lowest BCUT2D eigenvalue weighted by atomic mass is 10.00. The minimum Gasteiger partial charge on any atom is -0.462 e. The van der Waals surface area contributed by atoms with Crippen molar-refractivity contribution in [3.8, 4) is 0 Å². The van der Waals surface area contributed by atoms with Gasteiger partial charge in [-0.05, 0) is 51.4 Å². The van der Waals surface area contributed by atoms with Crippen LogP contribution in [0.25, 0.3) is 0 Å². The molecule has 12 nitrogen and oxygen atoms in total. The van der Waals surface area contributed by atoms with Crippen molar-refractivity contribution in [3.63, 3.8) is 0 Å². The second-order valence-corrected chi connectivity index (χ2v) is 15.6.